The standard InChI is InChI=1S/C16H20N2O3/c1-13(16(19)20-2)10-18(12-15-8-9-21-17-15)11-14-6-4-3-5-7-14/h3-9,13H,10-12H2,1-2H3. The first-order valence-corrected chi connectivity index (χ1v) is 6.92. The quantitative estimate of drug-likeness (QED) is 0.733. The van der Waals surface area contributed by atoms with Crippen LogP contribution in [0.2, 0.25) is 0 Å². The van der Waals surface area contributed by atoms with E-state index in [1.165, 1.54) is 12.7 Å². The minimum Gasteiger partial charge on any atom is -0.469 e. The predicted octanol–water partition coefficient (Wildman–Crippen LogP) is 2.49. The largest absolute Gasteiger partial charge is 0.469 e. The van der Waals surface area contributed by atoms with E-state index in [0.29, 0.717) is 13.1 Å². The van der Waals surface area contributed by atoms with Gasteiger partial charge in [0, 0.05) is 25.7 Å². The van der Waals surface area contributed by atoms with Gasteiger partial charge in [-0.2, -0.15) is 0 Å². The Morgan fingerprint density at radius 3 is 2.67 bits per heavy atom. The number of aromatic nitrogens is 1. The molecular weight excluding hydrogens is 268 g/mol. The molecule has 21 heavy (non-hydrogen) atoms. The Bertz CT molecular complexity index is 540. The summed E-state index contributed by atoms with van der Waals surface area (Å²) in [5.74, 6) is -0.390. The molecular formula is C16H20N2O3. The molecule has 112 valence electrons. The van der Waals surface area contributed by atoms with Gasteiger partial charge in [-0.25, -0.2) is 0 Å². The fourth-order valence-electron chi connectivity index (χ4n) is 2.24. The Morgan fingerprint density at radius 1 is 1.29 bits per heavy atom. The first kappa shape index (κ1) is 15.3. The van der Waals surface area contributed by atoms with Gasteiger partial charge < -0.3 is 9.26 Å². The molecule has 0 aliphatic rings. The van der Waals surface area contributed by atoms with Gasteiger partial charge in [0.1, 0.15) is 6.26 Å². The minimum atomic E-state index is -0.201. The summed E-state index contributed by atoms with van der Waals surface area (Å²) < 4.78 is 9.67. The van der Waals surface area contributed by atoms with Crippen molar-refractivity contribution < 1.29 is 14.1 Å². The zero-order valence-electron chi connectivity index (χ0n) is 12.4. The molecule has 0 aliphatic carbocycles. The van der Waals surface area contributed by atoms with Crippen LogP contribution in [0.5, 0.6) is 0 Å². The average molecular weight is 288 g/mol. The molecule has 2 aromatic rings. The summed E-state index contributed by atoms with van der Waals surface area (Å²) in [7, 11) is 1.41. The molecule has 1 aromatic carbocycles. The van der Waals surface area contributed by atoms with E-state index in [4.69, 9.17) is 9.26 Å². The summed E-state index contributed by atoms with van der Waals surface area (Å²) in [5.41, 5.74) is 2.04. The summed E-state index contributed by atoms with van der Waals surface area (Å²) in [6.45, 7) is 3.85. The number of methoxy groups -OCH3 is 1. The Kier molecular flexibility index (Phi) is 5.51. The summed E-state index contributed by atoms with van der Waals surface area (Å²) in [5, 5.41) is 3.94. The van der Waals surface area contributed by atoms with Gasteiger partial charge in [-0.1, -0.05) is 42.4 Å². The van der Waals surface area contributed by atoms with Gasteiger partial charge in [-0.15, -0.1) is 0 Å². The van der Waals surface area contributed by atoms with E-state index in [9.17, 15) is 4.79 Å². The Labute approximate surface area is 124 Å². The van der Waals surface area contributed by atoms with Crippen LogP contribution < -0.4 is 0 Å². The van der Waals surface area contributed by atoms with Crippen molar-refractivity contribution in [3.63, 3.8) is 0 Å². The maximum absolute atomic E-state index is 11.6. The number of rotatable bonds is 7. The molecule has 1 heterocycles. The van der Waals surface area contributed by atoms with E-state index in [1.54, 1.807) is 6.26 Å². The minimum absolute atomic E-state index is 0.189. The van der Waals surface area contributed by atoms with E-state index in [1.807, 2.05) is 31.2 Å². The topological polar surface area (TPSA) is 55.6 Å². The van der Waals surface area contributed by atoms with Crippen molar-refractivity contribution in [2.75, 3.05) is 13.7 Å². The zero-order valence-corrected chi connectivity index (χ0v) is 12.4. The third kappa shape index (κ3) is 4.72. The third-order valence-corrected chi connectivity index (χ3v) is 3.26. The van der Waals surface area contributed by atoms with Crippen LogP contribution in [0.1, 0.15) is 18.2 Å². The van der Waals surface area contributed by atoms with Crippen molar-refractivity contribution in [1.82, 2.24) is 10.1 Å². The molecule has 0 amide bonds. The van der Waals surface area contributed by atoms with Crippen LogP contribution in [0.4, 0.5) is 0 Å². The predicted molar refractivity (Wildman–Crippen MR) is 78.2 cm³/mol. The van der Waals surface area contributed by atoms with Gasteiger partial charge in [-0.05, 0) is 5.56 Å². The second-order valence-electron chi connectivity index (χ2n) is 5.07. The number of esters is 1. The highest BCUT2D eigenvalue weighted by Gasteiger charge is 2.18. The number of hydrogen-bond acceptors (Lipinski definition) is 5. The lowest BCUT2D eigenvalue weighted by Gasteiger charge is -2.23. The molecule has 5 nitrogen and oxygen atoms in total. The molecule has 1 aromatic heterocycles. The van der Waals surface area contributed by atoms with E-state index in [0.717, 1.165) is 12.2 Å². The lowest BCUT2D eigenvalue weighted by molar-refractivity contribution is -0.145. The van der Waals surface area contributed by atoms with Crippen LogP contribution in [0.15, 0.2) is 47.2 Å². The van der Waals surface area contributed by atoms with Crippen molar-refractivity contribution in [3.05, 3.63) is 53.9 Å². The van der Waals surface area contributed by atoms with Crippen LogP contribution in [-0.2, 0) is 22.6 Å². The summed E-state index contributed by atoms with van der Waals surface area (Å²) in [6, 6.07) is 12.0. The molecule has 0 bridgehead atoms. The summed E-state index contributed by atoms with van der Waals surface area (Å²) >= 11 is 0. The van der Waals surface area contributed by atoms with Crippen LogP contribution in [-0.4, -0.2) is 29.7 Å². The van der Waals surface area contributed by atoms with Gasteiger partial charge in [0.05, 0.1) is 18.7 Å². The lowest BCUT2D eigenvalue weighted by atomic mass is 10.1. The highest BCUT2D eigenvalue weighted by Crippen LogP contribution is 2.12. The molecule has 0 radical (unpaired) electrons. The van der Waals surface area contributed by atoms with Crippen LogP contribution in [0.25, 0.3) is 0 Å². The number of ether oxygens (including phenoxy) is 1. The molecule has 0 saturated carbocycles. The Balaban J connectivity index is 2.04. The van der Waals surface area contributed by atoms with Gasteiger partial charge in [-0.3, -0.25) is 9.69 Å². The maximum atomic E-state index is 11.6. The van der Waals surface area contributed by atoms with E-state index in [-0.39, 0.29) is 11.9 Å². The van der Waals surface area contributed by atoms with Crippen molar-refractivity contribution in [2.45, 2.75) is 20.0 Å². The average Bonchev–Trinajstić information content (AvgIpc) is 3.00. The normalized spacial score (nSPS) is 12.3. The highest BCUT2D eigenvalue weighted by molar-refractivity contribution is 5.72. The molecule has 0 spiro atoms. The molecule has 0 saturated heterocycles. The molecule has 1 unspecified atom stereocenters. The number of nitrogens with zero attached hydrogens (tertiary/aromatic N) is 2. The number of hydrogen-bond donors (Lipinski definition) is 0. The first-order chi connectivity index (χ1) is 10.2. The molecule has 0 fully saturated rings. The molecule has 2 rings (SSSR count). The maximum Gasteiger partial charge on any atom is 0.309 e. The highest BCUT2D eigenvalue weighted by atomic mass is 16.5. The van der Waals surface area contributed by atoms with Crippen molar-refractivity contribution >= 4 is 5.97 Å². The third-order valence-electron chi connectivity index (χ3n) is 3.26. The molecule has 0 N–H and O–H groups in total. The lowest BCUT2D eigenvalue weighted by Crippen LogP contribution is -2.31. The van der Waals surface area contributed by atoms with Gasteiger partial charge in [0.25, 0.3) is 0 Å². The van der Waals surface area contributed by atoms with Gasteiger partial charge in [0.2, 0.25) is 0 Å². The SMILES string of the molecule is COC(=O)C(C)CN(Cc1ccccc1)Cc1ccon1. The summed E-state index contributed by atoms with van der Waals surface area (Å²) in [4.78, 5) is 13.8. The number of benzene rings is 1. The van der Waals surface area contributed by atoms with E-state index in [2.05, 4.69) is 22.2 Å². The first-order valence-electron chi connectivity index (χ1n) is 6.92. The number of carbonyl (C=O) groups is 1. The number of carbonyl (C=O) groups excluding carboxylic acids is 1. The fraction of sp³-hybridized carbons (Fsp3) is 0.375. The molecule has 5 heteroatoms. The molecule has 1 atom stereocenters. The summed E-state index contributed by atoms with van der Waals surface area (Å²) in [6.07, 6.45) is 1.56. The Hall–Kier alpha value is -2.14. The van der Waals surface area contributed by atoms with Crippen LogP contribution in [0, 0.1) is 5.92 Å². The van der Waals surface area contributed by atoms with Crippen molar-refractivity contribution in [3.8, 4) is 0 Å². The fourth-order valence-corrected chi connectivity index (χ4v) is 2.24. The second kappa shape index (κ2) is 7.59. The van der Waals surface area contributed by atoms with Gasteiger partial charge in [0.15, 0.2) is 0 Å². The van der Waals surface area contributed by atoms with Gasteiger partial charge >= 0.3 is 5.97 Å². The smallest absolute Gasteiger partial charge is 0.309 e. The van der Waals surface area contributed by atoms with Crippen LogP contribution >= 0.6 is 0 Å². The van der Waals surface area contributed by atoms with Crippen LogP contribution in [0.3, 0.4) is 0 Å². The van der Waals surface area contributed by atoms with E-state index >= 15 is 0 Å². The second-order valence-corrected chi connectivity index (χ2v) is 5.07. The van der Waals surface area contributed by atoms with Crippen molar-refractivity contribution in [1.29, 1.82) is 0 Å². The monoisotopic (exact) mass is 288 g/mol. The van der Waals surface area contributed by atoms with Crippen molar-refractivity contribution in [2.24, 2.45) is 5.92 Å². The Morgan fingerprint density at radius 2 is 2.05 bits per heavy atom. The zero-order chi connectivity index (χ0) is 15.1. The van der Waals surface area contributed by atoms with E-state index < -0.39 is 0 Å². The molecule has 0 aliphatic heterocycles.